The molecule has 6 nitrogen and oxygen atoms in total. The van der Waals surface area contributed by atoms with Gasteiger partial charge in [0, 0.05) is 19.3 Å². The van der Waals surface area contributed by atoms with E-state index in [9.17, 15) is 4.79 Å². The molecule has 1 aliphatic heterocycles. The van der Waals surface area contributed by atoms with E-state index < -0.39 is 0 Å². The van der Waals surface area contributed by atoms with Gasteiger partial charge in [-0.2, -0.15) is 4.98 Å². The van der Waals surface area contributed by atoms with Gasteiger partial charge in [0.2, 0.25) is 5.95 Å². The summed E-state index contributed by atoms with van der Waals surface area (Å²) >= 11 is 0. The van der Waals surface area contributed by atoms with Crippen molar-refractivity contribution in [2.75, 3.05) is 29.9 Å². The van der Waals surface area contributed by atoms with Crippen LogP contribution in [0.4, 0.5) is 17.5 Å². The summed E-state index contributed by atoms with van der Waals surface area (Å²) in [6.45, 7) is 4.12. The van der Waals surface area contributed by atoms with E-state index in [1.807, 2.05) is 18.2 Å². The zero-order valence-electron chi connectivity index (χ0n) is 13.9. The maximum absolute atomic E-state index is 12.1. The molecule has 1 aromatic carbocycles. The summed E-state index contributed by atoms with van der Waals surface area (Å²) in [4.78, 5) is 23.2. The maximum Gasteiger partial charge on any atom is 0.340 e. The number of hydrogen-bond donors (Lipinski definition) is 1. The molecule has 0 spiro atoms. The van der Waals surface area contributed by atoms with Crippen LogP contribution in [0.1, 0.15) is 36.5 Å². The number of anilines is 3. The summed E-state index contributed by atoms with van der Waals surface area (Å²) < 4.78 is 5.11. The third-order valence-electron chi connectivity index (χ3n) is 3.97. The highest BCUT2D eigenvalue weighted by Crippen LogP contribution is 2.22. The second-order valence-electron chi connectivity index (χ2n) is 5.68. The quantitative estimate of drug-likeness (QED) is 0.850. The Balaban J connectivity index is 1.80. The van der Waals surface area contributed by atoms with E-state index in [0.29, 0.717) is 23.7 Å². The highest BCUT2D eigenvalue weighted by atomic mass is 16.5. The second kappa shape index (κ2) is 7.77. The van der Waals surface area contributed by atoms with Crippen molar-refractivity contribution in [2.45, 2.75) is 26.2 Å². The second-order valence-corrected chi connectivity index (χ2v) is 5.68. The highest BCUT2D eigenvalue weighted by molar-refractivity contribution is 5.96. The number of piperidine rings is 1. The molecule has 0 radical (unpaired) electrons. The number of hydrogen-bond acceptors (Lipinski definition) is 6. The largest absolute Gasteiger partial charge is 0.462 e. The zero-order valence-corrected chi connectivity index (χ0v) is 13.9. The molecule has 126 valence electrons. The predicted molar refractivity (Wildman–Crippen MR) is 93.8 cm³/mol. The van der Waals surface area contributed by atoms with Crippen molar-refractivity contribution in [1.29, 1.82) is 0 Å². The molecular weight excluding hydrogens is 304 g/mol. The van der Waals surface area contributed by atoms with E-state index in [1.54, 1.807) is 25.3 Å². The Bertz CT molecular complexity index is 699. The molecule has 1 fully saturated rings. The zero-order chi connectivity index (χ0) is 16.8. The number of nitrogens with zero attached hydrogens (tertiary/aromatic N) is 3. The molecule has 2 heterocycles. The number of aromatic nitrogens is 2. The lowest BCUT2D eigenvalue weighted by Crippen LogP contribution is -2.31. The van der Waals surface area contributed by atoms with Crippen molar-refractivity contribution >= 4 is 23.4 Å². The van der Waals surface area contributed by atoms with Crippen LogP contribution in [-0.4, -0.2) is 35.6 Å². The molecule has 1 saturated heterocycles. The van der Waals surface area contributed by atoms with Crippen LogP contribution in [-0.2, 0) is 4.74 Å². The normalized spacial score (nSPS) is 14.3. The molecule has 3 rings (SSSR count). The van der Waals surface area contributed by atoms with Crippen molar-refractivity contribution in [3.05, 3.63) is 42.1 Å². The number of carbonyl (C=O) groups is 1. The first-order valence-electron chi connectivity index (χ1n) is 8.39. The van der Waals surface area contributed by atoms with Crippen LogP contribution in [0.25, 0.3) is 0 Å². The Labute approximate surface area is 141 Å². The predicted octanol–water partition coefficient (Wildman–Crippen LogP) is 3.39. The number of para-hydroxylation sites is 1. The molecule has 0 atom stereocenters. The van der Waals surface area contributed by atoms with Crippen LogP contribution in [0.3, 0.4) is 0 Å². The fraction of sp³-hybridized carbons (Fsp3) is 0.389. The molecule has 1 N–H and O–H groups in total. The highest BCUT2D eigenvalue weighted by Gasteiger charge is 2.15. The van der Waals surface area contributed by atoms with E-state index in [-0.39, 0.29) is 5.97 Å². The number of benzene rings is 1. The Morgan fingerprint density at radius 2 is 2.00 bits per heavy atom. The van der Waals surface area contributed by atoms with Crippen molar-refractivity contribution in [3.63, 3.8) is 0 Å². The molecule has 1 aromatic heterocycles. The SMILES string of the molecule is CCOC(=O)c1ccccc1Nc1ccnc(N2CCCCC2)n1. The van der Waals surface area contributed by atoms with Gasteiger partial charge in [-0.1, -0.05) is 12.1 Å². The fourth-order valence-electron chi connectivity index (χ4n) is 2.78. The summed E-state index contributed by atoms with van der Waals surface area (Å²) in [6.07, 6.45) is 5.35. The average molecular weight is 326 g/mol. The smallest absolute Gasteiger partial charge is 0.340 e. The Morgan fingerprint density at radius 1 is 1.21 bits per heavy atom. The van der Waals surface area contributed by atoms with E-state index in [2.05, 4.69) is 20.2 Å². The molecule has 6 heteroatoms. The Morgan fingerprint density at radius 3 is 2.79 bits per heavy atom. The van der Waals surface area contributed by atoms with Gasteiger partial charge in [0.25, 0.3) is 0 Å². The summed E-state index contributed by atoms with van der Waals surface area (Å²) in [7, 11) is 0. The van der Waals surface area contributed by atoms with Crippen LogP contribution in [0.15, 0.2) is 36.5 Å². The van der Waals surface area contributed by atoms with Crippen molar-refractivity contribution in [1.82, 2.24) is 9.97 Å². The Kier molecular flexibility index (Phi) is 5.25. The lowest BCUT2D eigenvalue weighted by molar-refractivity contribution is 0.0527. The molecule has 0 amide bonds. The third kappa shape index (κ3) is 3.82. The number of carbonyl (C=O) groups excluding carboxylic acids is 1. The minimum atomic E-state index is -0.342. The summed E-state index contributed by atoms with van der Waals surface area (Å²) in [5.74, 6) is 1.06. The van der Waals surface area contributed by atoms with Crippen LogP contribution in [0.2, 0.25) is 0 Å². The van der Waals surface area contributed by atoms with Crippen LogP contribution < -0.4 is 10.2 Å². The lowest BCUT2D eigenvalue weighted by atomic mass is 10.1. The van der Waals surface area contributed by atoms with Crippen LogP contribution in [0.5, 0.6) is 0 Å². The molecule has 0 bridgehead atoms. The number of nitrogens with one attached hydrogen (secondary N) is 1. The van der Waals surface area contributed by atoms with Gasteiger partial charge in [0.1, 0.15) is 5.82 Å². The van der Waals surface area contributed by atoms with Crippen molar-refractivity contribution < 1.29 is 9.53 Å². The van der Waals surface area contributed by atoms with Gasteiger partial charge in [-0.05, 0) is 44.4 Å². The van der Waals surface area contributed by atoms with Gasteiger partial charge in [-0.3, -0.25) is 0 Å². The van der Waals surface area contributed by atoms with E-state index in [1.165, 1.54) is 19.3 Å². The Hall–Kier alpha value is -2.63. The molecule has 0 aliphatic carbocycles. The number of ether oxygens (including phenoxy) is 1. The summed E-state index contributed by atoms with van der Waals surface area (Å²) in [5, 5.41) is 3.21. The van der Waals surface area contributed by atoms with Crippen LogP contribution in [0, 0.1) is 0 Å². The topological polar surface area (TPSA) is 67.3 Å². The number of esters is 1. The van der Waals surface area contributed by atoms with Gasteiger partial charge in [0.05, 0.1) is 17.9 Å². The first-order chi connectivity index (χ1) is 11.8. The van der Waals surface area contributed by atoms with Gasteiger partial charge in [-0.25, -0.2) is 9.78 Å². The third-order valence-corrected chi connectivity index (χ3v) is 3.97. The summed E-state index contributed by atoms with van der Waals surface area (Å²) in [6, 6.07) is 9.08. The van der Waals surface area contributed by atoms with E-state index in [0.717, 1.165) is 19.0 Å². The van der Waals surface area contributed by atoms with Gasteiger partial charge in [0.15, 0.2) is 0 Å². The monoisotopic (exact) mass is 326 g/mol. The molecule has 0 unspecified atom stereocenters. The minimum Gasteiger partial charge on any atom is -0.462 e. The lowest BCUT2D eigenvalue weighted by Gasteiger charge is -2.26. The minimum absolute atomic E-state index is 0.342. The van der Waals surface area contributed by atoms with Crippen molar-refractivity contribution in [3.8, 4) is 0 Å². The first-order valence-corrected chi connectivity index (χ1v) is 8.39. The molecule has 24 heavy (non-hydrogen) atoms. The molecule has 2 aromatic rings. The average Bonchev–Trinajstić information content (AvgIpc) is 2.63. The summed E-state index contributed by atoms with van der Waals surface area (Å²) in [5.41, 5.74) is 1.18. The standard InChI is InChI=1S/C18H22N4O2/c1-2-24-17(23)14-8-4-5-9-15(14)20-16-10-11-19-18(21-16)22-12-6-3-7-13-22/h4-5,8-11H,2-3,6-7,12-13H2,1H3,(H,19,20,21). The molecule has 0 saturated carbocycles. The maximum atomic E-state index is 12.1. The van der Waals surface area contributed by atoms with Crippen LogP contribution >= 0.6 is 0 Å². The first kappa shape index (κ1) is 16.2. The van der Waals surface area contributed by atoms with Gasteiger partial charge in [-0.15, -0.1) is 0 Å². The van der Waals surface area contributed by atoms with Gasteiger partial charge >= 0.3 is 5.97 Å². The molecular formula is C18H22N4O2. The van der Waals surface area contributed by atoms with Gasteiger partial charge < -0.3 is 15.0 Å². The number of rotatable bonds is 5. The molecule has 1 aliphatic rings. The van der Waals surface area contributed by atoms with E-state index in [4.69, 9.17) is 4.74 Å². The van der Waals surface area contributed by atoms with Crippen molar-refractivity contribution in [2.24, 2.45) is 0 Å². The van der Waals surface area contributed by atoms with E-state index >= 15 is 0 Å². The fourth-order valence-corrected chi connectivity index (χ4v) is 2.78.